The number of ether oxygens (including phenoxy) is 1. The second-order valence-electron chi connectivity index (χ2n) is 4.08. The molecule has 17 heavy (non-hydrogen) atoms. The van der Waals surface area contributed by atoms with Gasteiger partial charge in [0.15, 0.2) is 6.61 Å². The highest BCUT2D eigenvalue weighted by Crippen LogP contribution is 2.26. The van der Waals surface area contributed by atoms with Crippen molar-refractivity contribution in [2.24, 2.45) is 0 Å². The van der Waals surface area contributed by atoms with E-state index in [2.05, 4.69) is 0 Å². The molecular formula is C12H17ClN2O2. The minimum atomic E-state index is -0.0986. The fraction of sp³-hybridized carbons (Fsp3) is 0.417. The number of nitrogen functional groups attached to an aromatic ring is 1. The Bertz CT molecular complexity index is 407. The molecule has 1 amide bonds. The van der Waals surface area contributed by atoms with E-state index in [1.165, 1.54) is 0 Å². The van der Waals surface area contributed by atoms with Crippen LogP contribution in [-0.2, 0) is 4.79 Å². The summed E-state index contributed by atoms with van der Waals surface area (Å²) in [6, 6.07) is 5.06. The number of amides is 1. The van der Waals surface area contributed by atoms with Gasteiger partial charge in [-0.25, -0.2) is 0 Å². The largest absolute Gasteiger partial charge is 0.482 e. The summed E-state index contributed by atoms with van der Waals surface area (Å²) in [5, 5.41) is 0.444. The number of hydrogen-bond donors (Lipinski definition) is 1. The number of rotatable bonds is 4. The average molecular weight is 257 g/mol. The molecule has 1 aromatic rings. The highest BCUT2D eigenvalue weighted by atomic mass is 35.5. The van der Waals surface area contributed by atoms with Crippen molar-refractivity contribution in [1.29, 1.82) is 0 Å². The van der Waals surface area contributed by atoms with Crippen LogP contribution < -0.4 is 10.5 Å². The SMILES string of the molecule is CC(C)N(C)C(=O)COc1cc(N)ccc1Cl. The lowest BCUT2D eigenvalue weighted by Gasteiger charge is -2.21. The zero-order chi connectivity index (χ0) is 13.0. The van der Waals surface area contributed by atoms with Crippen LogP contribution >= 0.6 is 11.6 Å². The Kier molecular flexibility index (Phi) is 4.63. The third kappa shape index (κ3) is 3.82. The molecule has 0 aromatic heterocycles. The lowest BCUT2D eigenvalue weighted by Crippen LogP contribution is -2.36. The lowest BCUT2D eigenvalue weighted by atomic mass is 10.3. The molecule has 0 unspecified atom stereocenters. The Morgan fingerprint density at radius 2 is 2.18 bits per heavy atom. The number of nitrogens with zero attached hydrogens (tertiary/aromatic N) is 1. The number of halogens is 1. The maximum absolute atomic E-state index is 11.7. The summed E-state index contributed by atoms with van der Waals surface area (Å²) in [5.41, 5.74) is 6.16. The molecule has 0 aliphatic rings. The van der Waals surface area contributed by atoms with E-state index in [4.69, 9.17) is 22.1 Å². The molecule has 94 valence electrons. The zero-order valence-corrected chi connectivity index (χ0v) is 11.0. The minimum Gasteiger partial charge on any atom is -0.482 e. The second kappa shape index (κ2) is 5.77. The number of hydrogen-bond acceptors (Lipinski definition) is 3. The third-order valence-electron chi connectivity index (χ3n) is 2.47. The Morgan fingerprint density at radius 3 is 2.76 bits per heavy atom. The Morgan fingerprint density at radius 1 is 1.53 bits per heavy atom. The molecule has 4 nitrogen and oxygen atoms in total. The van der Waals surface area contributed by atoms with E-state index < -0.39 is 0 Å². The number of nitrogens with two attached hydrogens (primary N) is 1. The first-order chi connectivity index (χ1) is 7.91. The summed E-state index contributed by atoms with van der Waals surface area (Å²) in [6.45, 7) is 3.83. The van der Waals surface area contributed by atoms with Gasteiger partial charge in [0.2, 0.25) is 0 Å². The van der Waals surface area contributed by atoms with Crippen molar-refractivity contribution in [2.45, 2.75) is 19.9 Å². The predicted octanol–water partition coefficient (Wildman–Crippen LogP) is 2.17. The van der Waals surface area contributed by atoms with Crippen molar-refractivity contribution in [3.8, 4) is 5.75 Å². The first kappa shape index (κ1) is 13.6. The fourth-order valence-corrected chi connectivity index (χ4v) is 1.33. The number of carbonyl (C=O) groups is 1. The van der Waals surface area contributed by atoms with Crippen LogP contribution in [0.3, 0.4) is 0 Å². The Hall–Kier alpha value is -1.42. The maximum Gasteiger partial charge on any atom is 0.260 e. The van der Waals surface area contributed by atoms with Gasteiger partial charge in [-0.3, -0.25) is 4.79 Å². The molecule has 5 heteroatoms. The van der Waals surface area contributed by atoms with Crippen LogP contribution in [0.1, 0.15) is 13.8 Å². The Labute approximate surface area is 106 Å². The van der Waals surface area contributed by atoms with Crippen molar-refractivity contribution in [1.82, 2.24) is 4.90 Å². The van der Waals surface area contributed by atoms with E-state index in [9.17, 15) is 4.79 Å². The van der Waals surface area contributed by atoms with Crippen LogP contribution in [-0.4, -0.2) is 30.5 Å². The summed E-state index contributed by atoms with van der Waals surface area (Å²) < 4.78 is 5.35. The highest BCUT2D eigenvalue weighted by Gasteiger charge is 2.13. The van der Waals surface area contributed by atoms with Gasteiger partial charge in [-0.15, -0.1) is 0 Å². The summed E-state index contributed by atoms with van der Waals surface area (Å²) >= 11 is 5.92. The second-order valence-corrected chi connectivity index (χ2v) is 4.48. The van der Waals surface area contributed by atoms with Gasteiger partial charge >= 0.3 is 0 Å². The van der Waals surface area contributed by atoms with Crippen LogP contribution in [0, 0.1) is 0 Å². The van der Waals surface area contributed by atoms with Gasteiger partial charge in [-0.1, -0.05) is 11.6 Å². The van der Waals surface area contributed by atoms with Crippen LogP contribution in [0.5, 0.6) is 5.75 Å². The first-order valence-electron chi connectivity index (χ1n) is 5.35. The fourth-order valence-electron chi connectivity index (χ4n) is 1.16. The molecule has 0 heterocycles. The van der Waals surface area contributed by atoms with E-state index in [0.717, 1.165) is 0 Å². The van der Waals surface area contributed by atoms with Crippen molar-refractivity contribution < 1.29 is 9.53 Å². The molecule has 0 saturated heterocycles. The van der Waals surface area contributed by atoms with Gasteiger partial charge in [0.05, 0.1) is 5.02 Å². The van der Waals surface area contributed by atoms with E-state index in [-0.39, 0.29) is 18.6 Å². The van der Waals surface area contributed by atoms with Gasteiger partial charge in [0.25, 0.3) is 5.91 Å². The molecular weight excluding hydrogens is 240 g/mol. The maximum atomic E-state index is 11.7. The van der Waals surface area contributed by atoms with Crippen molar-refractivity contribution in [2.75, 3.05) is 19.4 Å². The standard InChI is InChI=1S/C12H17ClN2O2/c1-8(2)15(3)12(16)7-17-11-6-9(14)4-5-10(11)13/h4-6,8H,7,14H2,1-3H3. The van der Waals surface area contributed by atoms with E-state index >= 15 is 0 Å². The molecule has 0 spiro atoms. The molecule has 1 aromatic carbocycles. The Balaban J connectivity index is 2.61. The van der Waals surface area contributed by atoms with Crippen molar-refractivity contribution in [3.63, 3.8) is 0 Å². The number of carbonyl (C=O) groups excluding carboxylic acids is 1. The quantitative estimate of drug-likeness (QED) is 0.840. The summed E-state index contributed by atoms with van der Waals surface area (Å²) in [4.78, 5) is 13.3. The predicted molar refractivity (Wildman–Crippen MR) is 69.3 cm³/mol. The van der Waals surface area contributed by atoms with Gasteiger partial charge in [-0.2, -0.15) is 0 Å². The number of benzene rings is 1. The molecule has 0 fully saturated rings. The van der Waals surface area contributed by atoms with Gasteiger partial charge in [-0.05, 0) is 26.0 Å². The lowest BCUT2D eigenvalue weighted by molar-refractivity contribution is -0.133. The van der Waals surface area contributed by atoms with E-state index in [1.807, 2.05) is 13.8 Å². The normalized spacial score (nSPS) is 10.4. The summed E-state index contributed by atoms with van der Waals surface area (Å²) in [6.07, 6.45) is 0. The molecule has 0 saturated carbocycles. The van der Waals surface area contributed by atoms with Crippen LogP contribution in [0.4, 0.5) is 5.69 Å². The van der Waals surface area contributed by atoms with Crippen LogP contribution in [0.25, 0.3) is 0 Å². The monoisotopic (exact) mass is 256 g/mol. The van der Waals surface area contributed by atoms with Crippen molar-refractivity contribution >= 4 is 23.2 Å². The third-order valence-corrected chi connectivity index (χ3v) is 2.79. The van der Waals surface area contributed by atoms with Crippen molar-refractivity contribution in [3.05, 3.63) is 23.2 Å². The number of anilines is 1. The molecule has 0 atom stereocenters. The smallest absolute Gasteiger partial charge is 0.260 e. The number of likely N-dealkylation sites (N-methyl/N-ethyl adjacent to an activating group) is 1. The van der Waals surface area contributed by atoms with Gasteiger partial charge in [0, 0.05) is 24.8 Å². The molecule has 1 rings (SSSR count). The van der Waals surface area contributed by atoms with Crippen LogP contribution in [0.15, 0.2) is 18.2 Å². The molecule has 2 N–H and O–H groups in total. The van der Waals surface area contributed by atoms with Crippen LogP contribution in [0.2, 0.25) is 5.02 Å². The molecule has 0 aliphatic carbocycles. The summed E-state index contributed by atoms with van der Waals surface area (Å²) in [7, 11) is 1.73. The highest BCUT2D eigenvalue weighted by molar-refractivity contribution is 6.32. The van der Waals surface area contributed by atoms with Gasteiger partial charge < -0.3 is 15.4 Å². The summed E-state index contributed by atoms with van der Waals surface area (Å²) in [5.74, 6) is 0.329. The molecule has 0 bridgehead atoms. The van der Waals surface area contributed by atoms with E-state index in [1.54, 1.807) is 30.1 Å². The zero-order valence-electron chi connectivity index (χ0n) is 10.2. The topological polar surface area (TPSA) is 55.6 Å². The van der Waals surface area contributed by atoms with E-state index in [0.29, 0.717) is 16.5 Å². The molecule has 0 aliphatic heterocycles. The average Bonchev–Trinajstić information content (AvgIpc) is 2.28. The van der Waals surface area contributed by atoms with Gasteiger partial charge in [0.1, 0.15) is 5.75 Å². The molecule has 0 radical (unpaired) electrons. The minimum absolute atomic E-state index is 0.0438. The first-order valence-corrected chi connectivity index (χ1v) is 5.73.